The van der Waals surface area contributed by atoms with Gasteiger partial charge in [-0.1, -0.05) is 41.6 Å². The molecule has 0 amide bonds. The fourth-order valence-corrected chi connectivity index (χ4v) is 4.52. The fraction of sp³-hybridized carbons (Fsp3) is 0.300. The monoisotopic (exact) mass is 404 g/mol. The van der Waals surface area contributed by atoms with Crippen molar-refractivity contribution in [2.24, 2.45) is 0 Å². The average Bonchev–Trinajstić information content (AvgIpc) is 3.17. The van der Waals surface area contributed by atoms with Gasteiger partial charge in [-0.3, -0.25) is 9.36 Å². The van der Waals surface area contributed by atoms with Gasteiger partial charge < -0.3 is 4.74 Å². The van der Waals surface area contributed by atoms with Crippen molar-refractivity contribution >= 4 is 34.3 Å². The van der Waals surface area contributed by atoms with Crippen LogP contribution in [-0.2, 0) is 17.0 Å². The zero-order valence-corrected chi connectivity index (χ0v) is 16.1. The van der Waals surface area contributed by atoms with E-state index in [-0.39, 0.29) is 17.5 Å². The van der Waals surface area contributed by atoms with E-state index in [1.807, 2.05) is 18.2 Å². The Labute approximate surface area is 165 Å². The molecule has 2 heterocycles. The van der Waals surface area contributed by atoms with Gasteiger partial charge in [0.1, 0.15) is 5.82 Å². The first-order valence-corrected chi connectivity index (χ1v) is 10.2. The standard InChI is InChI=1S/C20H18ClFN2O2S/c21-17-10-14(22)8-7-13(17)12-27-20-23-18-6-2-1-5-16(18)19(25)24(20)11-15-4-3-9-26-15/h1-2,5-8,10,15H,3-4,9,11-12H2/t15-/m1/s1. The summed E-state index contributed by atoms with van der Waals surface area (Å²) in [5, 5.41) is 1.59. The highest BCUT2D eigenvalue weighted by molar-refractivity contribution is 7.98. The van der Waals surface area contributed by atoms with E-state index in [1.54, 1.807) is 16.7 Å². The summed E-state index contributed by atoms with van der Waals surface area (Å²) in [7, 11) is 0. The molecule has 1 fully saturated rings. The molecule has 7 heteroatoms. The van der Waals surface area contributed by atoms with E-state index in [9.17, 15) is 9.18 Å². The molecule has 0 N–H and O–H groups in total. The second-order valence-electron chi connectivity index (χ2n) is 6.49. The maximum atomic E-state index is 13.3. The fourth-order valence-electron chi connectivity index (χ4n) is 3.19. The summed E-state index contributed by atoms with van der Waals surface area (Å²) in [6.45, 7) is 1.21. The third-order valence-electron chi connectivity index (χ3n) is 4.61. The van der Waals surface area contributed by atoms with Crippen molar-refractivity contribution in [3.63, 3.8) is 0 Å². The Morgan fingerprint density at radius 3 is 2.93 bits per heavy atom. The summed E-state index contributed by atoms with van der Waals surface area (Å²) >= 11 is 7.56. The van der Waals surface area contributed by atoms with Crippen LogP contribution in [0.1, 0.15) is 18.4 Å². The van der Waals surface area contributed by atoms with Gasteiger partial charge in [-0.05, 0) is 42.7 Å². The molecule has 0 saturated carbocycles. The predicted molar refractivity (Wildman–Crippen MR) is 106 cm³/mol. The SMILES string of the molecule is O=c1c2ccccc2nc(SCc2ccc(F)cc2Cl)n1C[C@H]1CCCO1. The van der Waals surface area contributed by atoms with Crippen LogP contribution in [0, 0.1) is 5.82 Å². The van der Waals surface area contributed by atoms with E-state index in [1.165, 1.54) is 23.9 Å². The van der Waals surface area contributed by atoms with E-state index in [0.29, 0.717) is 33.4 Å². The predicted octanol–water partition coefficient (Wildman–Crippen LogP) is 4.66. The molecule has 140 valence electrons. The number of para-hydroxylation sites is 1. The minimum absolute atomic E-state index is 0.0272. The number of fused-ring (bicyclic) bond motifs is 1. The first kappa shape index (κ1) is 18.5. The quantitative estimate of drug-likeness (QED) is 0.458. The Hall–Kier alpha value is -1.89. The molecule has 0 aliphatic carbocycles. The highest BCUT2D eigenvalue weighted by Gasteiger charge is 2.20. The molecule has 4 rings (SSSR count). The maximum Gasteiger partial charge on any atom is 0.262 e. The Bertz CT molecular complexity index is 1030. The number of thioether (sulfide) groups is 1. The van der Waals surface area contributed by atoms with Gasteiger partial charge in [0.05, 0.1) is 23.6 Å². The van der Waals surface area contributed by atoms with Crippen molar-refractivity contribution < 1.29 is 9.13 Å². The maximum absolute atomic E-state index is 13.3. The van der Waals surface area contributed by atoms with Crippen LogP contribution in [0.5, 0.6) is 0 Å². The molecule has 1 atom stereocenters. The highest BCUT2D eigenvalue weighted by atomic mass is 35.5. The first-order chi connectivity index (χ1) is 13.1. The lowest BCUT2D eigenvalue weighted by atomic mass is 10.2. The van der Waals surface area contributed by atoms with Gasteiger partial charge in [0.2, 0.25) is 0 Å². The number of nitrogens with zero attached hydrogens (tertiary/aromatic N) is 2. The molecule has 0 bridgehead atoms. The average molecular weight is 405 g/mol. The van der Waals surface area contributed by atoms with Crippen molar-refractivity contribution in [1.29, 1.82) is 0 Å². The normalized spacial score (nSPS) is 16.9. The van der Waals surface area contributed by atoms with Crippen molar-refractivity contribution in [3.8, 4) is 0 Å². The van der Waals surface area contributed by atoms with Crippen LogP contribution in [-0.4, -0.2) is 22.3 Å². The molecule has 3 aromatic rings. The van der Waals surface area contributed by atoms with Gasteiger partial charge in [0.25, 0.3) is 5.56 Å². The molecular formula is C20H18ClFN2O2S. The lowest BCUT2D eigenvalue weighted by molar-refractivity contribution is 0.0937. The molecular weight excluding hydrogens is 387 g/mol. The number of hydrogen-bond acceptors (Lipinski definition) is 4. The van der Waals surface area contributed by atoms with E-state index in [0.717, 1.165) is 25.0 Å². The van der Waals surface area contributed by atoms with E-state index in [4.69, 9.17) is 21.3 Å². The second kappa shape index (κ2) is 8.00. The van der Waals surface area contributed by atoms with Gasteiger partial charge >= 0.3 is 0 Å². The topological polar surface area (TPSA) is 44.1 Å². The molecule has 2 aromatic carbocycles. The Morgan fingerprint density at radius 1 is 1.30 bits per heavy atom. The summed E-state index contributed by atoms with van der Waals surface area (Å²) in [6, 6.07) is 11.7. The summed E-state index contributed by atoms with van der Waals surface area (Å²) in [5.74, 6) is 0.128. The Kier molecular flexibility index (Phi) is 5.48. The third-order valence-corrected chi connectivity index (χ3v) is 5.99. The van der Waals surface area contributed by atoms with Crippen LogP contribution in [0.25, 0.3) is 10.9 Å². The zero-order chi connectivity index (χ0) is 18.8. The van der Waals surface area contributed by atoms with Gasteiger partial charge in [-0.15, -0.1) is 0 Å². The van der Waals surface area contributed by atoms with Crippen LogP contribution < -0.4 is 5.56 Å². The minimum atomic E-state index is -0.368. The van der Waals surface area contributed by atoms with Gasteiger partial charge in [-0.25, -0.2) is 9.37 Å². The van der Waals surface area contributed by atoms with Crippen LogP contribution in [0.15, 0.2) is 52.4 Å². The molecule has 0 spiro atoms. The lowest BCUT2D eigenvalue weighted by Crippen LogP contribution is -2.28. The van der Waals surface area contributed by atoms with Crippen molar-refractivity contribution in [2.75, 3.05) is 6.61 Å². The van der Waals surface area contributed by atoms with E-state index in [2.05, 4.69) is 0 Å². The number of rotatable bonds is 5. The van der Waals surface area contributed by atoms with Gasteiger partial charge in [0, 0.05) is 17.4 Å². The summed E-state index contributed by atoms with van der Waals surface area (Å²) in [5.41, 5.74) is 1.40. The molecule has 1 saturated heterocycles. The lowest BCUT2D eigenvalue weighted by Gasteiger charge is -2.16. The van der Waals surface area contributed by atoms with Crippen molar-refractivity contribution in [1.82, 2.24) is 9.55 Å². The first-order valence-electron chi connectivity index (χ1n) is 8.80. The Balaban J connectivity index is 1.69. The van der Waals surface area contributed by atoms with Crippen LogP contribution in [0.3, 0.4) is 0 Å². The molecule has 4 nitrogen and oxygen atoms in total. The molecule has 1 aliphatic rings. The number of ether oxygens (including phenoxy) is 1. The number of benzene rings is 2. The number of halogens is 2. The van der Waals surface area contributed by atoms with Crippen LogP contribution >= 0.6 is 23.4 Å². The van der Waals surface area contributed by atoms with Crippen LogP contribution in [0.4, 0.5) is 4.39 Å². The second-order valence-corrected chi connectivity index (χ2v) is 7.84. The molecule has 0 unspecified atom stereocenters. The molecule has 1 aliphatic heterocycles. The number of hydrogen-bond donors (Lipinski definition) is 0. The largest absolute Gasteiger partial charge is 0.376 e. The third kappa shape index (κ3) is 4.03. The Morgan fingerprint density at radius 2 is 2.15 bits per heavy atom. The minimum Gasteiger partial charge on any atom is -0.376 e. The van der Waals surface area contributed by atoms with Gasteiger partial charge in [-0.2, -0.15) is 0 Å². The summed E-state index contributed by atoms with van der Waals surface area (Å²) < 4.78 is 20.7. The molecule has 0 radical (unpaired) electrons. The van der Waals surface area contributed by atoms with Crippen molar-refractivity contribution in [2.45, 2.75) is 36.4 Å². The highest BCUT2D eigenvalue weighted by Crippen LogP contribution is 2.27. The van der Waals surface area contributed by atoms with E-state index < -0.39 is 0 Å². The van der Waals surface area contributed by atoms with Crippen LogP contribution in [0.2, 0.25) is 5.02 Å². The summed E-state index contributed by atoms with van der Waals surface area (Å²) in [6.07, 6.45) is 1.97. The molecule has 27 heavy (non-hydrogen) atoms. The number of aromatic nitrogens is 2. The summed E-state index contributed by atoms with van der Waals surface area (Å²) in [4.78, 5) is 17.7. The smallest absolute Gasteiger partial charge is 0.262 e. The van der Waals surface area contributed by atoms with Crippen molar-refractivity contribution in [3.05, 3.63) is 69.2 Å². The van der Waals surface area contributed by atoms with E-state index >= 15 is 0 Å². The zero-order valence-electron chi connectivity index (χ0n) is 14.5. The molecule has 1 aromatic heterocycles. The van der Waals surface area contributed by atoms with Gasteiger partial charge in [0.15, 0.2) is 5.16 Å².